The number of benzene rings is 2. The second kappa shape index (κ2) is 6.69. The molecule has 0 saturated heterocycles. The number of carbonyl (C=O) groups is 1. The smallest absolute Gasteiger partial charge is 0.259 e. The topological polar surface area (TPSA) is 38.8 Å². The number of nitrogens with zero attached hydrogens (tertiary/aromatic N) is 1. The molecule has 24 heavy (non-hydrogen) atoms. The third kappa shape index (κ3) is 2.80. The largest absolute Gasteiger partial charge is 0.493 e. The van der Waals surface area contributed by atoms with Gasteiger partial charge in [0.15, 0.2) is 11.5 Å². The van der Waals surface area contributed by atoms with Crippen LogP contribution in [0.25, 0.3) is 5.70 Å². The zero-order valence-electron chi connectivity index (χ0n) is 13.6. The summed E-state index contributed by atoms with van der Waals surface area (Å²) >= 11 is 3.44. The minimum atomic E-state index is -0.0621. The Bertz CT molecular complexity index is 816. The van der Waals surface area contributed by atoms with Crippen molar-refractivity contribution in [3.63, 3.8) is 0 Å². The fraction of sp³-hybridized carbons (Fsp3) is 0.211. The second-order valence-electron chi connectivity index (χ2n) is 5.50. The number of ether oxygens (including phenoxy) is 2. The second-order valence-corrected chi connectivity index (χ2v) is 6.35. The molecule has 0 aliphatic carbocycles. The number of halogens is 1. The lowest BCUT2D eigenvalue weighted by Gasteiger charge is -2.32. The molecule has 1 heterocycles. The van der Waals surface area contributed by atoms with Crippen LogP contribution in [-0.2, 0) is 6.42 Å². The van der Waals surface area contributed by atoms with Crippen LogP contribution in [-0.4, -0.2) is 31.6 Å². The first-order valence-electron chi connectivity index (χ1n) is 7.57. The van der Waals surface area contributed by atoms with Gasteiger partial charge in [-0.1, -0.05) is 18.7 Å². The number of carbonyl (C=O) groups excluding carboxylic acids is 1. The van der Waals surface area contributed by atoms with E-state index in [1.807, 2.05) is 36.4 Å². The van der Waals surface area contributed by atoms with Crippen molar-refractivity contribution in [2.24, 2.45) is 0 Å². The van der Waals surface area contributed by atoms with Gasteiger partial charge < -0.3 is 14.4 Å². The molecule has 0 radical (unpaired) electrons. The summed E-state index contributed by atoms with van der Waals surface area (Å²) in [4.78, 5) is 14.6. The van der Waals surface area contributed by atoms with E-state index in [-0.39, 0.29) is 5.91 Å². The van der Waals surface area contributed by atoms with E-state index in [0.29, 0.717) is 29.3 Å². The van der Waals surface area contributed by atoms with Crippen LogP contribution < -0.4 is 9.47 Å². The van der Waals surface area contributed by atoms with Crippen molar-refractivity contribution < 1.29 is 14.3 Å². The van der Waals surface area contributed by atoms with Gasteiger partial charge in [-0.05, 0) is 52.2 Å². The zero-order valence-corrected chi connectivity index (χ0v) is 15.2. The summed E-state index contributed by atoms with van der Waals surface area (Å²) in [6.07, 6.45) is 0.741. The Morgan fingerprint density at radius 1 is 1.17 bits per heavy atom. The molecule has 3 rings (SSSR count). The highest BCUT2D eigenvalue weighted by atomic mass is 79.9. The molecule has 0 saturated carbocycles. The molecule has 5 heteroatoms. The maximum atomic E-state index is 12.9. The van der Waals surface area contributed by atoms with Crippen LogP contribution in [0.3, 0.4) is 0 Å². The lowest BCUT2D eigenvalue weighted by atomic mass is 9.95. The van der Waals surface area contributed by atoms with Crippen LogP contribution >= 0.6 is 15.9 Å². The molecule has 2 aromatic carbocycles. The van der Waals surface area contributed by atoms with Crippen molar-refractivity contribution in [2.75, 3.05) is 20.8 Å². The molecular formula is C19H18BrNO3. The molecular weight excluding hydrogens is 370 g/mol. The highest BCUT2D eigenvalue weighted by Crippen LogP contribution is 2.37. The Hall–Kier alpha value is -2.27. The summed E-state index contributed by atoms with van der Waals surface area (Å²) in [5.74, 6) is 1.26. The summed E-state index contributed by atoms with van der Waals surface area (Å²) in [5, 5.41) is 0. The van der Waals surface area contributed by atoms with E-state index in [1.165, 1.54) is 0 Å². The first-order chi connectivity index (χ1) is 11.6. The molecule has 0 fully saturated rings. The van der Waals surface area contributed by atoms with Gasteiger partial charge in [-0.15, -0.1) is 0 Å². The number of amides is 1. The van der Waals surface area contributed by atoms with Crippen molar-refractivity contribution in [3.05, 3.63) is 64.1 Å². The van der Waals surface area contributed by atoms with Gasteiger partial charge in [-0.3, -0.25) is 4.79 Å². The Morgan fingerprint density at radius 3 is 2.50 bits per heavy atom. The SMILES string of the molecule is C=C1c2cc(OC)c(OC)cc2CCN1C(=O)c1ccccc1Br. The minimum Gasteiger partial charge on any atom is -0.493 e. The van der Waals surface area contributed by atoms with Gasteiger partial charge in [-0.25, -0.2) is 0 Å². The van der Waals surface area contributed by atoms with Crippen LogP contribution in [0.1, 0.15) is 21.5 Å². The van der Waals surface area contributed by atoms with Crippen molar-refractivity contribution in [3.8, 4) is 11.5 Å². The third-order valence-electron chi connectivity index (χ3n) is 4.20. The monoisotopic (exact) mass is 387 g/mol. The highest BCUT2D eigenvalue weighted by molar-refractivity contribution is 9.10. The van der Waals surface area contributed by atoms with E-state index >= 15 is 0 Å². The summed E-state index contributed by atoms with van der Waals surface area (Å²) < 4.78 is 11.5. The molecule has 0 spiro atoms. The standard InChI is InChI=1S/C19H18BrNO3/c1-12-15-11-18(24-3)17(23-2)10-13(15)8-9-21(12)19(22)14-6-4-5-7-16(14)20/h4-7,10-11H,1,8-9H2,2-3H3. The van der Waals surface area contributed by atoms with Crippen molar-refractivity contribution >= 4 is 27.5 Å². The van der Waals surface area contributed by atoms with E-state index in [1.54, 1.807) is 19.1 Å². The predicted molar refractivity (Wildman–Crippen MR) is 97.5 cm³/mol. The van der Waals surface area contributed by atoms with Gasteiger partial charge in [0.1, 0.15) is 0 Å². The molecule has 0 aromatic heterocycles. The number of rotatable bonds is 3. The molecule has 0 atom stereocenters. The van der Waals surface area contributed by atoms with E-state index in [0.717, 1.165) is 22.0 Å². The number of hydrogen-bond donors (Lipinski definition) is 0. The molecule has 1 aliphatic heterocycles. The average molecular weight is 388 g/mol. The zero-order chi connectivity index (χ0) is 17.3. The normalized spacial score (nSPS) is 13.5. The van der Waals surface area contributed by atoms with Crippen LogP contribution in [0.4, 0.5) is 0 Å². The number of hydrogen-bond acceptors (Lipinski definition) is 3. The molecule has 124 valence electrons. The van der Waals surface area contributed by atoms with Gasteiger partial charge in [-0.2, -0.15) is 0 Å². The van der Waals surface area contributed by atoms with Crippen LogP contribution in [0.5, 0.6) is 11.5 Å². The number of fused-ring (bicyclic) bond motifs is 1. The molecule has 0 unspecified atom stereocenters. The Balaban J connectivity index is 1.98. The predicted octanol–water partition coefficient (Wildman–Crippen LogP) is 4.14. The maximum absolute atomic E-state index is 12.9. The van der Waals surface area contributed by atoms with Gasteiger partial charge in [0, 0.05) is 22.3 Å². The lowest BCUT2D eigenvalue weighted by molar-refractivity contribution is 0.0832. The highest BCUT2D eigenvalue weighted by Gasteiger charge is 2.27. The summed E-state index contributed by atoms with van der Waals surface area (Å²) in [6, 6.07) is 11.3. The van der Waals surface area contributed by atoms with Gasteiger partial charge >= 0.3 is 0 Å². The van der Waals surface area contributed by atoms with E-state index in [9.17, 15) is 4.79 Å². The molecule has 2 aromatic rings. The lowest BCUT2D eigenvalue weighted by Crippen LogP contribution is -2.34. The molecule has 0 bridgehead atoms. The quantitative estimate of drug-likeness (QED) is 0.794. The summed E-state index contributed by atoms with van der Waals surface area (Å²) in [7, 11) is 3.21. The van der Waals surface area contributed by atoms with Crippen LogP contribution in [0, 0.1) is 0 Å². The van der Waals surface area contributed by atoms with Crippen molar-refractivity contribution in [2.45, 2.75) is 6.42 Å². The van der Waals surface area contributed by atoms with Crippen LogP contribution in [0.2, 0.25) is 0 Å². The van der Waals surface area contributed by atoms with Crippen molar-refractivity contribution in [1.82, 2.24) is 4.90 Å². The Labute approximate surface area is 149 Å². The summed E-state index contributed by atoms with van der Waals surface area (Å²) in [5.41, 5.74) is 3.33. The fourth-order valence-corrected chi connectivity index (χ4v) is 3.37. The van der Waals surface area contributed by atoms with Crippen molar-refractivity contribution in [1.29, 1.82) is 0 Å². The molecule has 4 nitrogen and oxygen atoms in total. The average Bonchev–Trinajstić information content (AvgIpc) is 2.61. The Kier molecular flexibility index (Phi) is 4.62. The van der Waals surface area contributed by atoms with Gasteiger partial charge in [0.25, 0.3) is 5.91 Å². The number of methoxy groups -OCH3 is 2. The molecule has 1 aliphatic rings. The minimum absolute atomic E-state index is 0.0621. The molecule has 1 amide bonds. The Morgan fingerprint density at radius 2 is 1.83 bits per heavy atom. The summed E-state index contributed by atoms with van der Waals surface area (Å²) in [6.45, 7) is 4.72. The van der Waals surface area contributed by atoms with E-state index in [4.69, 9.17) is 9.47 Å². The van der Waals surface area contributed by atoms with E-state index in [2.05, 4.69) is 22.5 Å². The first kappa shape index (κ1) is 16.6. The van der Waals surface area contributed by atoms with Gasteiger partial charge in [0.2, 0.25) is 0 Å². The van der Waals surface area contributed by atoms with Crippen LogP contribution in [0.15, 0.2) is 47.4 Å². The molecule has 0 N–H and O–H groups in total. The maximum Gasteiger partial charge on any atom is 0.259 e. The fourth-order valence-electron chi connectivity index (χ4n) is 2.91. The van der Waals surface area contributed by atoms with Gasteiger partial charge in [0.05, 0.1) is 19.8 Å². The third-order valence-corrected chi connectivity index (χ3v) is 4.89. The van der Waals surface area contributed by atoms with E-state index < -0.39 is 0 Å². The first-order valence-corrected chi connectivity index (χ1v) is 8.36.